The van der Waals surface area contributed by atoms with Crippen LogP contribution in [0.5, 0.6) is 0 Å². The second-order valence-electron chi connectivity index (χ2n) is 6.64. The minimum absolute atomic E-state index is 0.0643. The first-order chi connectivity index (χ1) is 11.7. The predicted molar refractivity (Wildman–Crippen MR) is 90.5 cm³/mol. The number of amides is 1. The summed E-state index contributed by atoms with van der Waals surface area (Å²) < 4.78 is 11.3. The largest absolute Gasteiger partial charge is 0.383 e. The summed E-state index contributed by atoms with van der Waals surface area (Å²) in [6.07, 6.45) is 4.42. The van der Waals surface area contributed by atoms with Gasteiger partial charge in [0.1, 0.15) is 6.10 Å². The van der Waals surface area contributed by atoms with Crippen LogP contribution in [0.4, 0.5) is 0 Å². The van der Waals surface area contributed by atoms with Gasteiger partial charge in [-0.05, 0) is 31.4 Å². The molecule has 6 nitrogen and oxygen atoms in total. The van der Waals surface area contributed by atoms with Crippen molar-refractivity contribution in [2.45, 2.75) is 44.1 Å². The van der Waals surface area contributed by atoms with Crippen LogP contribution < -0.4 is 0 Å². The molecule has 0 spiro atoms. The highest BCUT2D eigenvalue weighted by Gasteiger charge is 2.41. The number of likely N-dealkylation sites (tertiary alicyclic amines) is 1. The lowest BCUT2D eigenvalue weighted by Gasteiger charge is -2.36. The first-order valence-electron chi connectivity index (χ1n) is 8.72. The fourth-order valence-electron chi connectivity index (χ4n) is 3.74. The van der Waals surface area contributed by atoms with Gasteiger partial charge in [-0.3, -0.25) is 14.7 Å². The Morgan fingerprint density at radius 3 is 3.04 bits per heavy atom. The summed E-state index contributed by atoms with van der Waals surface area (Å²) in [5.74, 6) is 0.0643. The second-order valence-corrected chi connectivity index (χ2v) is 6.64. The molecule has 132 valence electrons. The molecule has 1 aromatic heterocycles. The van der Waals surface area contributed by atoms with Crippen LogP contribution in [0.1, 0.15) is 25.0 Å². The Morgan fingerprint density at radius 2 is 2.29 bits per heavy atom. The summed E-state index contributed by atoms with van der Waals surface area (Å²) >= 11 is 0. The Hall–Kier alpha value is -1.50. The van der Waals surface area contributed by atoms with Gasteiger partial charge in [0, 0.05) is 39.5 Å². The number of rotatable bonds is 6. The number of hydrogen-bond donors (Lipinski definition) is 0. The second kappa shape index (κ2) is 8.05. The Balaban J connectivity index is 1.53. The molecule has 3 rings (SSSR count). The molecule has 0 radical (unpaired) electrons. The van der Waals surface area contributed by atoms with Crippen molar-refractivity contribution in [3.8, 4) is 0 Å². The van der Waals surface area contributed by atoms with Crippen molar-refractivity contribution in [1.82, 2.24) is 14.8 Å². The van der Waals surface area contributed by atoms with Gasteiger partial charge < -0.3 is 14.4 Å². The van der Waals surface area contributed by atoms with E-state index in [1.54, 1.807) is 18.2 Å². The van der Waals surface area contributed by atoms with E-state index in [-0.39, 0.29) is 18.1 Å². The molecule has 0 unspecified atom stereocenters. The molecule has 3 atom stereocenters. The van der Waals surface area contributed by atoms with Crippen molar-refractivity contribution in [2.75, 3.05) is 33.9 Å². The van der Waals surface area contributed by atoms with Crippen molar-refractivity contribution in [3.63, 3.8) is 0 Å². The molecule has 2 aliphatic rings. The summed E-state index contributed by atoms with van der Waals surface area (Å²) in [4.78, 5) is 21.1. The first kappa shape index (κ1) is 17.3. The van der Waals surface area contributed by atoms with Crippen molar-refractivity contribution in [3.05, 3.63) is 30.1 Å². The van der Waals surface area contributed by atoms with Gasteiger partial charge in [0.15, 0.2) is 0 Å². The van der Waals surface area contributed by atoms with Crippen LogP contribution in [0, 0.1) is 0 Å². The summed E-state index contributed by atoms with van der Waals surface area (Å²) in [6, 6.07) is 6.19. The summed E-state index contributed by atoms with van der Waals surface area (Å²) in [6.45, 7) is 3.24. The highest BCUT2D eigenvalue weighted by Crippen LogP contribution is 2.31. The predicted octanol–water partition coefficient (Wildman–Crippen LogP) is 1.31. The van der Waals surface area contributed by atoms with E-state index in [9.17, 15) is 4.79 Å². The normalized spacial score (nSPS) is 27.0. The quantitative estimate of drug-likeness (QED) is 0.786. The summed E-state index contributed by atoms with van der Waals surface area (Å²) in [7, 11) is 3.56. The molecule has 3 heterocycles. The zero-order valence-corrected chi connectivity index (χ0v) is 14.6. The average molecular weight is 333 g/mol. The maximum Gasteiger partial charge on any atom is 0.251 e. The molecule has 1 amide bonds. The van der Waals surface area contributed by atoms with E-state index >= 15 is 0 Å². The monoisotopic (exact) mass is 333 g/mol. The molecular weight excluding hydrogens is 306 g/mol. The number of carbonyl (C=O) groups excluding carboxylic acids is 1. The van der Waals surface area contributed by atoms with E-state index in [1.165, 1.54) is 0 Å². The van der Waals surface area contributed by atoms with Crippen LogP contribution in [-0.2, 0) is 20.8 Å². The Morgan fingerprint density at radius 1 is 1.42 bits per heavy atom. The molecule has 24 heavy (non-hydrogen) atoms. The zero-order chi connectivity index (χ0) is 16.9. The smallest absolute Gasteiger partial charge is 0.251 e. The van der Waals surface area contributed by atoms with Crippen LogP contribution in [0.2, 0.25) is 0 Å². The number of hydrogen-bond acceptors (Lipinski definition) is 5. The van der Waals surface area contributed by atoms with Gasteiger partial charge in [0.25, 0.3) is 5.91 Å². The standard InChI is InChI=1S/C18H27N3O3/c1-20(13-14-5-3-4-9-19-14)18(22)17-7-6-15-16(24-17)8-10-21(15)11-12-23-2/h3-5,9,15-17H,6-8,10-13H2,1-2H3/t15-,16-,17-/m0/s1. The molecule has 0 aliphatic carbocycles. The van der Waals surface area contributed by atoms with Crippen molar-refractivity contribution in [1.29, 1.82) is 0 Å². The van der Waals surface area contributed by atoms with Gasteiger partial charge in [0.2, 0.25) is 0 Å². The number of ether oxygens (including phenoxy) is 2. The van der Waals surface area contributed by atoms with Gasteiger partial charge in [-0.25, -0.2) is 0 Å². The third kappa shape index (κ3) is 3.94. The highest BCUT2D eigenvalue weighted by molar-refractivity contribution is 5.80. The lowest BCUT2D eigenvalue weighted by molar-refractivity contribution is -0.153. The Kier molecular flexibility index (Phi) is 5.81. The maximum atomic E-state index is 12.7. The maximum absolute atomic E-state index is 12.7. The van der Waals surface area contributed by atoms with Crippen LogP contribution in [-0.4, -0.2) is 72.8 Å². The third-order valence-electron chi connectivity index (χ3n) is 5.02. The van der Waals surface area contributed by atoms with Gasteiger partial charge >= 0.3 is 0 Å². The van der Waals surface area contributed by atoms with E-state index in [0.717, 1.165) is 44.7 Å². The van der Waals surface area contributed by atoms with Gasteiger partial charge in [-0.2, -0.15) is 0 Å². The molecule has 2 saturated heterocycles. The number of fused-ring (bicyclic) bond motifs is 1. The van der Waals surface area contributed by atoms with Gasteiger partial charge in [0.05, 0.1) is 24.9 Å². The van der Waals surface area contributed by atoms with Gasteiger partial charge in [-0.1, -0.05) is 6.07 Å². The van der Waals surface area contributed by atoms with Crippen molar-refractivity contribution < 1.29 is 14.3 Å². The molecular formula is C18H27N3O3. The summed E-state index contributed by atoms with van der Waals surface area (Å²) in [5.41, 5.74) is 0.897. The first-order valence-corrected chi connectivity index (χ1v) is 8.72. The average Bonchev–Trinajstić information content (AvgIpc) is 3.02. The van der Waals surface area contributed by atoms with Crippen LogP contribution in [0.25, 0.3) is 0 Å². The lowest BCUT2D eigenvalue weighted by atomic mass is 9.98. The Bertz CT molecular complexity index is 540. The zero-order valence-electron chi connectivity index (χ0n) is 14.6. The lowest BCUT2D eigenvalue weighted by Crippen LogP contribution is -2.48. The molecule has 0 N–H and O–H groups in total. The van der Waals surface area contributed by atoms with Gasteiger partial charge in [-0.15, -0.1) is 0 Å². The van der Waals surface area contributed by atoms with E-state index in [4.69, 9.17) is 9.47 Å². The van der Waals surface area contributed by atoms with Crippen molar-refractivity contribution >= 4 is 5.91 Å². The number of nitrogens with zero attached hydrogens (tertiary/aromatic N) is 3. The van der Waals surface area contributed by atoms with Crippen molar-refractivity contribution in [2.24, 2.45) is 0 Å². The van der Waals surface area contributed by atoms with E-state index in [1.807, 2.05) is 25.2 Å². The molecule has 0 bridgehead atoms. The van der Waals surface area contributed by atoms with E-state index in [2.05, 4.69) is 9.88 Å². The number of pyridine rings is 1. The SMILES string of the molecule is COCCN1CC[C@@H]2O[C@H](C(=O)N(C)Cc3ccccn3)CC[C@@H]21. The Labute approximate surface area is 143 Å². The number of carbonyl (C=O) groups is 1. The van der Waals surface area contributed by atoms with Crippen LogP contribution in [0.15, 0.2) is 24.4 Å². The fraction of sp³-hybridized carbons (Fsp3) is 0.667. The van der Waals surface area contributed by atoms with Crippen LogP contribution >= 0.6 is 0 Å². The number of likely N-dealkylation sites (N-methyl/N-ethyl adjacent to an activating group) is 1. The number of aromatic nitrogens is 1. The molecule has 0 aromatic carbocycles. The third-order valence-corrected chi connectivity index (χ3v) is 5.02. The molecule has 0 saturated carbocycles. The fourth-order valence-corrected chi connectivity index (χ4v) is 3.74. The molecule has 6 heteroatoms. The summed E-state index contributed by atoms with van der Waals surface area (Å²) in [5, 5.41) is 0. The van der Waals surface area contributed by atoms with Crippen LogP contribution in [0.3, 0.4) is 0 Å². The highest BCUT2D eigenvalue weighted by atomic mass is 16.5. The topological polar surface area (TPSA) is 54.9 Å². The molecule has 2 fully saturated rings. The minimum Gasteiger partial charge on any atom is -0.383 e. The minimum atomic E-state index is -0.317. The molecule has 1 aromatic rings. The van der Waals surface area contributed by atoms with E-state index < -0.39 is 0 Å². The van der Waals surface area contributed by atoms with E-state index in [0.29, 0.717) is 12.6 Å². The molecule has 2 aliphatic heterocycles. The number of methoxy groups -OCH3 is 1.